The Morgan fingerprint density at radius 2 is 1.20 bits per heavy atom. The second-order valence-corrected chi connectivity index (χ2v) is 19.4. The molecular weight excluding hydrogens is 626 g/mol. The minimum absolute atomic E-state index is 0.00706. The van der Waals surface area contributed by atoms with E-state index in [1.807, 2.05) is 6.20 Å². The van der Waals surface area contributed by atoms with Crippen LogP contribution in [-0.2, 0) is 25.7 Å². The average Bonchev–Trinajstić information content (AvgIpc) is 3.87. The number of aliphatic hydroxyl groups excluding tert-OH is 4. The fourth-order valence-corrected chi connectivity index (χ4v) is 14.7. The molecule has 10 rings (SSSR count). The van der Waals surface area contributed by atoms with Crippen LogP contribution in [0, 0.1) is 69.0 Å². The maximum absolute atomic E-state index is 11.2. The Balaban J connectivity index is 0.000000135. The monoisotopic (exact) mass is 685 g/mol. The summed E-state index contributed by atoms with van der Waals surface area (Å²) >= 11 is 0. The molecular formula is C42H59N3O5. The van der Waals surface area contributed by atoms with Crippen molar-refractivity contribution in [3.05, 3.63) is 59.3 Å². The van der Waals surface area contributed by atoms with Crippen LogP contribution in [0.15, 0.2) is 41.3 Å². The van der Waals surface area contributed by atoms with Crippen LogP contribution in [0.4, 0.5) is 0 Å². The molecule has 6 saturated carbocycles. The number of rotatable bonds is 0. The van der Waals surface area contributed by atoms with E-state index in [0.29, 0.717) is 23.7 Å². The molecule has 50 heavy (non-hydrogen) atoms. The lowest BCUT2D eigenvalue weighted by Crippen LogP contribution is -2.64. The first kappa shape index (κ1) is 33.6. The van der Waals surface area contributed by atoms with Crippen molar-refractivity contribution < 1.29 is 24.9 Å². The zero-order valence-corrected chi connectivity index (χ0v) is 30.6. The number of nitrogens with zero attached hydrogens (tertiary/aromatic N) is 2. The van der Waals surface area contributed by atoms with Crippen LogP contribution in [0.3, 0.4) is 0 Å². The predicted molar refractivity (Wildman–Crippen MR) is 189 cm³/mol. The highest BCUT2D eigenvalue weighted by molar-refractivity contribution is 5.30. The largest absolute Gasteiger partial charge is 0.390 e. The minimum Gasteiger partial charge on any atom is -0.390 e. The first-order valence-corrected chi connectivity index (χ1v) is 19.7. The Hall–Kier alpha value is -2.26. The van der Waals surface area contributed by atoms with Gasteiger partial charge < -0.3 is 24.9 Å². The smallest absolute Gasteiger partial charge is 0.127 e. The SMILES string of the molecule is C=C1CCC2C3C(CC[C@]12C)[C@@]1(C)Cc2cn[nH]c2CC1[C@@H](O)[C@@H]3O.C=C1CCC2C3C(CC[C@]12C)[C@@]1(C)Cc2conc2CC1[C@@H](O)[C@@H]3O. The molecule has 8 aliphatic rings. The van der Waals surface area contributed by atoms with Gasteiger partial charge in [-0.05, 0) is 152 Å². The molecule has 272 valence electrons. The van der Waals surface area contributed by atoms with Gasteiger partial charge in [0.1, 0.15) is 6.26 Å². The summed E-state index contributed by atoms with van der Waals surface area (Å²) in [5.41, 5.74) is 7.71. The first-order chi connectivity index (χ1) is 23.7. The molecule has 0 bridgehead atoms. The topological polar surface area (TPSA) is 136 Å². The number of fused-ring (bicyclic) bond motifs is 12. The Kier molecular flexibility index (Phi) is 7.47. The van der Waals surface area contributed by atoms with Crippen molar-refractivity contribution in [2.45, 2.75) is 129 Å². The fourth-order valence-electron chi connectivity index (χ4n) is 14.7. The molecule has 8 heteroatoms. The van der Waals surface area contributed by atoms with Crippen molar-refractivity contribution in [2.75, 3.05) is 0 Å². The first-order valence-electron chi connectivity index (χ1n) is 19.7. The van der Waals surface area contributed by atoms with Gasteiger partial charge in [0.2, 0.25) is 0 Å². The highest BCUT2D eigenvalue weighted by Crippen LogP contribution is 2.68. The number of hydrogen-bond acceptors (Lipinski definition) is 7. The van der Waals surface area contributed by atoms with E-state index in [4.69, 9.17) is 4.52 Å². The van der Waals surface area contributed by atoms with E-state index in [9.17, 15) is 20.4 Å². The molecule has 6 fully saturated rings. The lowest BCUT2D eigenvalue weighted by atomic mass is 9.44. The third kappa shape index (κ3) is 4.31. The van der Waals surface area contributed by atoms with E-state index >= 15 is 0 Å². The van der Waals surface area contributed by atoms with Crippen LogP contribution in [0.2, 0.25) is 0 Å². The van der Waals surface area contributed by atoms with E-state index in [1.165, 1.54) is 35.1 Å². The molecule has 8 unspecified atom stereocenters. The van der Waals surface area contributed by atoms with Crippen LogP contribution in [-0.4, -0.2) is 60.2 Å². The van der Waals surface area contributed by atoms with E-state index in [-0.39, 0.29) is 45.3 Å². The highest BCUT2D eigenvalue weighted by atomic mass is 16.5. The summed E-state index contributed by atoms with van der Waals surface area (Å²) < 4.78 is 5.21. The number of aromatic nitrogens is 3. The van der Waals surface area contributed by atoms with Crippen molar-refractivity contribution in [3.63, 3.8) is 0 Å². The van der Waals surface area contributed by atoms with E-state index in [0.717, 1.165) is 75.6 Å². The van der Waals surface area contributed by atoms with Crippen molar-refractivity contribution in [3.8, 4) is 0 Å². The molecule has 2 aromatic rings. The van der Waals surface area contributed by atoms with Gasteiger partial charge in [-0.3, -0.25) is 5.10 Å². The van der Waals surface area contributed by atoms with Gasteiger partial charge in [0.25, 0.3) is 0 Å². The molecule has 8 nitrogen and oxygen atoms in total. The summed E-state index contributed by atoms with van der Waals surface area (Å²) in [6.07, 6.45) is 13.6. The van der Waals surface area contributed by atoms with Gasteiger partial charge in [0.15, 0.2) is 0 Å². The molecule has 0 radical (unpaired) electrons. The molecule has 0 saturated heterocycles. The maximum atomic E-state index is 11.2. The van der Waals surface area contributed by atoms with Crippen LogP contribution < -0.4 is 0 Å². The van der Waals surface area contributed by atoms with Gasteiger partial charge in [-0.1, -0.05) is 57.2 Å². The van der Waals surface area contributed by atoms with Crippen LogP contribution >= 0.6 is 0 Å². The van der Waals surface area contributed by atoms with Crippen molar-refractivity contribution in [2.24, 2.45) is 69.0 Å². The molecule has 2 aromatic heterocycles. The van der Waals surface area contributed by atoms with Gasteiger partial charge in [0, 0.05) is 11.3 Å². The Morgan fingerprint density at radius 3 is 1.76 bits per heavy atom. The third-order valence-corrected chi connectivity index (χ3v) is 17.8. The Labute approximate surface area is 297 Å². The maximum Gasteiger partial charge on any atom is 0.127 e. The molecule has 0 aromatic carbocycles. The standard InChI is InChI=1S/C21H30N2O2.C21H29NO3/c1-11-4-5-13-17-14(6-7-20(11,13)2)21(3)9-12-10-22-23-16(12)8-15(21)18(24)19(17)25;1-11-4-5-13-17-14(6-7-20(11,13)2)21(3)9-12-10-25-22-16(12)8-15(21)18(23)19(17)24/h10,13-15,17-19,24-25H,1,4-9H2,2-3H3,(H,22,23);10,13-15,17-19,23-24H,1,4-9H2,2-3H3/t2*13?,14?,15?,17?,18-,19-,20-,21-/m11/s1. The number of allylic oxidation sites excluding steroid dienone is 2. The normalized spacial score (nSPS) is 51.4. The summed E-state index contributed by atoms with van der Waals surface area (Å²) in [5.74, 6) is 2.39. The summed E-state index contributed by atoms with van der Waals surface area (Å²) in [6, 6.07) is 0. The van der Waals surface area contributed by atoms with Gasteiger partial charge in [-0.25, -0.2) is 0 Å². The molecule has 2 heterocycles. The van der Waals surface area contributed by atoms with Crippen molar-refractivity contribution in [1.29, 1.82) is 0 Å². The zero-order valence-electron chi connectivity index (χ0n) is 30.6. The van der Waals surface area contributed by atoms with E-state index < -0.39 is 24.4 Å². The number of hydrogen-bond donors (Lipinski definition) is 5. The quantitative estimate of drug-likeness (QED) is 0.215. The van der Waals surface area contributed by atoms with Crippen molar-refractivity contribution in [1.82, 2.24) is 15.4 Å². The van der Waals surface area contributed by atoms with E-state index in [2.05, 4.69) is 56.2 Å². The number of aliphatic hydroxyl groups is 4. The second kappa shape index (κ2) is 11.1. The van der Waals surface area contributed by atoms with Gasteiger partial charge in [-0.2, -0.15) is 5.10 Å². The molecule has 8 aliphatic carbocycles. The van der Waals surface area contributed by atoms with E-state index in [1.54, 1.807) is 6.26 Å². The van der Waals surface area contributed by atoms with Gasteiger partial charge in [0.05, 0.1) is 36.3 Å². The number of H-pyrrole nitrogens is 1. The van der Waals surface area contributed by atoms with Crippen LogP contribution in [0.25, 0.3) is 0 Å². The summed E-state index contributed by atoms with van der Waals surface area (Å²) in [7, 11) is 0. The highest BCUT2D eigenvalue weighted by Gasteiger charge is 2.65. The minimum atomic E-state index is -0.674. The van der Waals surface area contributed by atoms with Crippen LogP contribution in [0.5, 0.6) is 0 Å². The fraction of sp³-hybridized carbons (Fsp3) is 0.762. The summed E-state index contributed by atoms with van der Waals surface area (Å²) in [6.45, 7) is 18.1. The molecule has 0 aliphatic heterocycles. The summed E-state index contributed by atoms with van der Waals surface area (Å²) in [4.78, 5) is 0. The zero-order chi connectivity index (χ0) is 35.1. The van der Waals surface area contributed by atoms with Gasteiger partial charge >= 0.3 is 0 Å². The number of nitrogens with one attached hydrogen (secondary N) is 1. The lowest BCUT2D eigenvalue weighted by molar-refractivity contribution is -0.201. The van der Waals surface area contributed by atoms with Gasteiger partial charge in [-0.15, -0.1) is 0 Å². The molecule has 5 N–H and O–H groups in total. The average molecular weight is 686 g/mol. The Bertz CT molecular complexity index is 1580. The summed E-state index contributed by atoms with van der Waals surface area (Å²) in [5, 5.41) is 56.0. The third-order valence-electron chi connectivity index (χ3n) is 17.8. The lowest BCUT2D eigenvalue weighted by Gasteiger charge is -2.62. The second-order valence-electron chi connectivity index (χ2n) is 19.4. The van der Waals surface area contributed by atoms with Crippen molar-refractivity contribution >= 4 is 0 Å². The molecule has 0 amide bonds. The predicted octanol–water partition coefficient (Wildman–Crippen LogP) is 5.99. The Morgan fingerprint density at radius 1 is 0.680 bits per heavy atom. The number of aromatic amines is 1. The molecule has 0 spiro atoms. The van der Waals surface area contributed by atoms with Crippen LogP contribution in [0.1, 0.15) is 102 Å². The molecule has 16 atom stereocenters.